The zero-order valence-corrected chi connectivity index (χ0v) is 9.15. The second kappa shape index (κ2) is 6.00. The Morgan fingerprint density at radius 3 is 2.29 bits per heavy atom. The quantitative estimate of drug-likeness (QED) is 0.368. The van der Waals surface area contributed by atoms with E-state index >= 15 is 0 Å². The van der Waals surface area contributed by atoms with Gasteiger partial charge in [-0.3, -0.25) is 0 Å². The molecule has 1 radical (unpaired) electrons. The number of halogens is 4. The summed E-state index contributed by atoms with van der Waals surface area (Å²) in [5.41, 5.74) is -0.194. The van der Waals surface area contributed by atoms with E-state index in [9.17, 15) is 17.6 Å². The van der Waals surface area contributed by atoms with Gasteiger partial charge < -0.3 is 5.11 Å². The highest BCUT2D eigenvalue weighted by molar-refractivity contribution is 5.21. The maximum atomic E-state index is 13.2. The van der Waals surface area contributed by atoms with Crippen LogP contribution >= 0.6 is 0 Å². The van der Waals surface area contributed by atoms with E-state index in [4.69, 9.17) is 5.11 Å². The number of unbranched alkanes of at least 4 members (excludes halogenated alkanes) is 1. The highest BCUT2D eigenvalue weighted by atomic mass is 19.2. The van der Waals surface area contributed by atoms with E-state index in [1.165, 1.54) is 0 Å². The summed E-state index contributed by atoms with van der Waals surface area (Å²) >= 11 is 0. The molecule has 1 N–H and O–H groups in total. The van der Waals surface area contributed by atoms with Crippen LogP contribution in [0, 0.1) is 30.2 Å². The molecule has 1 nitrogen and oxygen atoms in total. The Labute approximate surface area is 97.1 Å². The van der Waals surface area contributed by atoms with E-state index in [1.54, 1.807) is 0 Å². The molecule has 0 aliphatic heterocycles. The van der Waals surface area contributed by atoms with E-state index in [0.717, 1.165) is 0 Å². The van der Waals surface area contributed by atoms with Gasteiger partial charge in [-0.25, -0.2) is 17.6 Å². The summed E-state index contributed by atoms with van der Waals surface area (Å²) in [7, 11) is 0. The molecule has 1 aromatic carbocycles. The van der Waals surface area contributed by atoms with Crippen LogP contribution in [0.5, 0.6) is 0 Å². The predicted molar refractivity (Wildman–Crippen MR) is 55.2 cm³/mol. The summed E-state index contributed by atoms with van der Waals surface area (Å²) in [5, 5.41) is 8.87. The van der Waals surface area contributed by atoms with Gasteiger partial charge in [0.05, 0.1) is 6.10 Å². The van der Waals surface area contributed by atoms with Crippen LogP contribution in [-0.2, 0) is 6.42 Å². The molecule has 0 aromatic heterocycles. The molecule has 1 rings (SSSR count). The van der Waals surface area contributed by atoms with Crippen molar-refractivity contribution in [2.75, 3.05) is 0 Å². The molecule has 1 atom stereocenters. The van der Waals surface area contributed by atoms with Crippen molar-refractivity contribution in [3.05, 3.63) is 41.8 Å². The minimum absolute atomic E-state index is 0.0900. The normalized spacial score (nSPS) is 12.8. The van der Waals surface area contributed by atoms with Crippen molar-refractivity contribution in [2.24, 2.45) is 0 Å². The summed E-state index contributed by atoms with van der Waals surface area (Å²) in [6.45, 7) is 3.35. The van der Waals surface area contributed by atoms with Crippen LogP contribution in [0.4, 0.5) is 17.6 Å². The van der Waals surface area contributed by atoms with Crippen LogP contribution in [0.2, 0.25) is 0 Å². The summed E-state index contributed by atoms with van der Waals surface area (Å²) in [5.74, 6) is -6.31. The number of rotatable bonds is 5. The van der Waals surface area contributed by atoms with Crippen molar-refractivity contribution >= 4 is 0 Å². The van der Waals surface area contributed by atoms with E-state index < -0.39 is 29.4 Å². The molecule has 0 fully saturated rings. The van der Waals surface area contributed by atoms with E-state index in [2.05, 4.69) is 6.92 Å². The molecule has 0 bridgehead atoms. The fourth-order valence-corrected chi connectivity index (χ4v) is 1.50. The lowest BCUT2D eigenvalue weighted by molar-refractivity contribution is 0.206. The van der Waals surface area contributed by atoms with Crippen molar-refractivity contribution in [3.8, 4) is 0 Å². The molecule has 17 heavy (non-hydrogen) atoms. The van der Waals surface area contributed by atoms with Gasteiger partial charge in [0.15, 0.2) is 23.3 Å². The monoisotopic (exact) mass is 249 g/mol. The first-order chi connectivity index (χ1) is 7.93. The standard InChI is InChI=1S/C12H13F4O/c1-7(17)4-2-3-5-8-6-9(13)11(15)12(16)10(8)14/h6-7,17H,1-5H2. The number of hydrogen-bond acceptors (Lipinski definition) is 1. The summed E-state index contributed by atoms with van der Waals surface area (Å²) in [6, 6.07) is 0.661. The molecule has 0 saturated carbocycles. The number of aliphatic hydroxyl groups excluding tert-OH is 1. The molecule has 1 unspecified atom stereocenters. The van der Waals surface area contributed by atoms with Gasteiger partial charge in [-0.15, -0.1) is 0 Å². The second-order valence-electron chi connectivity index (χ2n) is 3.86. The molecular formula is C12H13F4O. The van der Waals surface area contributed by atoms with Gasteiger partial charge in [0.2, 0.25) is 0 Å². The third kappa shape index (κ3) is 3.70. The van der Waals surface area contributed by atoms with Crippen LogP contribution in [0.1, 0.15) is 24.8 Å². The maximum Gasteiger partial charge on any atom is 0.197 e. The van der Waals surface area contributed by atoms with Crippen LogP contribution in [0.25, 0.3) is 0 Å². The predicted octanol–water partition coefficient (Wildman–Crippen LogP) is 3.15. The van der Waals surface area contributed by atoms with Gasteiger partial charge >= 0.3 is 0 Å². The minimum Gasteiger partial charge on any atom is -0.393 e. The number of aryl methyl sites for hydroxylation is 1. The third-order valence-corrected chi connectivity index (χ3v) is 2.41. The van der Waals surface area contributed by atoms with Crippen molar-refractivity contribution in [1.29, 1.82) is 0 Å². The lowest BCUT2D eigenvalue weighted by Crippen LogP contribution is -2.03. The van der Waals surface area contributed by atoms with Crippen LogP contribution in [0.15, 0.2) is 6.07 Å². The number of aliphatic hydroxyl groups is 1. The summed E-state index contributed by atoms with van der Waals surface area (Å²) < 4.78 is 51.5. The Morgan fingerprint density at radius 1 is 1.06 bits per heavy atom. The Bertz CT molecular complexity index is 391. The molecule has 0 aliphatic carbocycles. The lowest BCUT2D eigenvalue weighted by Gasteiger charge is -2.06. The fourth-order valence-electron chi connectivity index (χ4n) is 1.50. The molecule has 0 aliphatic rings. The highest BCUT2D eigenvalue weighted by Gasteiger charge is 2.18. The first-order valence-electron chi connectivity index (χ1n) is 5.26. The average molecular weight is 249 g/mol. The van der Waals surface area contributed by atoms with Crippen molar-refractivity contribution in [2.45, 2.75) is 31.8 Å². The van der Waals surface area contributed by atoms with Gasteiger partial charge in [0.1, 0.15) is 0 Å². The minimum atomic E-state index is -1.79. The number of hydrogen-bond donors (Lipinski definition) is 1. The lowest BCUT2D eigenvalue weighted by atomic mass is 10.0. The molecular weight excluding hydrogens is 236 g/mol. The Morgan fingerprint density at radius 2 is 1.71 bits per heavy atom. The molecule has 95 valence electrons. The molecule has 1 aromatic rings. The zero-order chi connectivity index (χ0) is 13.0. The summed E-state index contributed by atoms with van der Waals surface area (Å²) in [4.78, 5) is 0. The largest absolute Gasteiger partial charge is 0.393 e. The van der Waals surface area contributed by atoms with Gasteiger partial charge in [0, 0.05) is 0 Å². The molecule has 0 saturated heterocycles. The Hall–Kier alpha value is -1.10. The highest BCUT2D eigenvalue weighted by Crippen LogP contribution is 2.20. The van der Waals surface area contributed by atoms with Crippen LogP contribution in [-0.4, -0.2) is 11.2 Å². The van der Waals surface area contributed by atoms with E-state index in [0.29, 0.717) is 25.3 Å². The molecule has 5 heteroatoms. The van der Waals surface area contributed by atoms with Crippen molar-refractivity contribution < 1.29 is 22.7 Å². The average Bonchev–Trinajstić information content (AvgIpc) is 2.27. The first kappa shape index (κ1) is 14.0. The van der Waals surface area contributed by atoms with Crippen LogP contribution < -0.4 is 0 Å². The smallest absolute Gasteiger partial charge is 0.197 e. The summed E-state index contributed by atoms with van der Waals surface area (Å²) in [6.07, 6.45) is 0.792. The number of benzene rings is 1. The zero-order valence-electron chi connectivity index (χ0n) is 9.15. The Kier molecular flexibility index (Phi) is 4.93. The second-order valence-corrected chi connectivity index (χ2v) is 3.86. The topological polar surface area (TPSA) is 20.2 Å². The van der Waals surface area contributed by atoms with Gasteiger partial charge in [-0.05, 0) is 37.8 Å². The fraction of sp³-hybridized carbons (Fsp3) is 0.417. The maximum absolute atomic E-state index is 13.2. The Balaban J connectivity index is 2.66. The molecule has 0 spiro atoms. The van der Waals surface area contributed by atoms with Crippen LogP contribution in [0.3, 0.4) is 0 Å². The van der Waals surface area contributed by atoms with Gasteiger partial charge in [-0.2, -0.15) is 0 Å². The molecule has 0 amide bonds. The van der Waals surface area contributed by atoms with E-state index in [-0.39, 0.29) is 12.0 Å². The van der Waals surface area contributed by atoms with Crippen molar-refractivity contribution in [3.63, 3.8) is 0 Å². The van der Waals surface area contributed by atoms with Crippen molar-refractivity contribution in [1.82, 2.24) is 0 Å². The molecule has 0 heterocycles. The SMILES string of the molecule is [CH2]C(O)CCCCc1cc(F)c(F)c(F)c1F. The van der Waals surface area contributed by atoms with E-state index in [1.807, 2.05) is 0 Å². The first-order valence-corrected chi connectivity index (χ1v) is 5.26. The third-order valence-electron chi connectivity index (χ3n) is 2.41. The van der Waals surface area contributed by atoms with Gasteiger partial charge in [-0.1, -0.05) is 6.42 Å². The van der Waals surface area contributed by atoms with Gasteiger partial charge in [0.25, 0.3) is 0 Å².